The number of carboxylic acids is 1. The summed E-state index contributed by atoms with van der Waals surface area (Å²) in [5.41, 5.74) is 4.43. The lowest BCUT2D eigenvalue weighted by molar-refractivity contribution is -0.133. The van der Waals surface area contributed by atoms with E-state index < -0.39 is 41.4 Å². The van der Waals surface area contributed by atoms with E-state index in [-0.39, 0.29) is 5.57 Å². The smallest absolute Gasteiger partial charge is 0.335 e. The highest BCUT2D eigenvalue weighted by molar-refractivity contribution is 6.08. The van der Waals surface area contributed by atoms with Gasteiger partial charge in [0.1, 0.15) is 23.1 Å². The second-order valence-corrected chi connectivity index (χ2v) is 3.65. The van der Waals surface area contributed by atoms with Crippen LogP contribution in [0.25, 0.3) is 0 Å². The summed E-state index contributed by atoms with van der Waals surface area (Å²) in [5, 5.41) is 8.80. The van der Waals surface area contributed by atoms with E-state index in [2.05, 4.69) is 0 Å². The van der Waals surface area contributed by atoms with Crippen molar-refractivity contribution in [2.75, 3.05) is 4.90 Å². The molecule has 0 bridgehead atoms. The first kappa shape index (κ1) is 12.0. The van der Waals surface area contributed by atoms with Gasteiger partial charge in [0, 0.05) is 0 Å². The van der Waals surface area contributed by atoms with E-state index in [1.54, 1.807) is 0 Å². The van der Waals surface area contributed by atoms with Crippen molar-refractivity contribution in [3.05, 3.63) is 41.2 Å². The topological polar surface area (TPSA) is 83.6 Å². The second-order valence-electron chi connectivity index (χ2n) is 3.65. The summed E-state index contributed by atoms with van der Waals surface area (Å²) < 4.78 is 27.0. The molecule has 0 aliphatic carbocycles. The minimum absolute atomic E-state index is 0.373. The molecular formula is C11H8F2N2O3. The largest absolute Gasteiger partial charge is 0.478 e. The Balaban J connectivity index is 2.58. The number of amides is 1. The van der Waals surface area contributed by atoms with Crippen molar-refractivity contribution >= 4 is 17.6 Å². The van der Waals surface area contributed by atoms with Crippen molar-refractivity contribution in [1.82, 2.24) is 0 Å². The van der Waals surface area contributed by atoms with Crippen LogP contribution >= 0.6 is 0 Å². The van der Waals surface area contributed by atoms with Crippen LogP contribution in [0.15, 0.2) is 29.6 Å². The van der Waals surface area contributed by atoms with Gasteiger partial charge in [0.2, 0.25) is 5.91 Å². The maximum Gasteiger partial charge on any atom is 0.335 e. The zero-order valence-corrected chi connectivity index (χ0v) is 8.98. The quantitative estimate of drug-likeness (QED) is 0.823. The average molecular weight is 254 g/mol. The minimum Gasteiger partial charge on any atom is -0.478 e. The first-order valence-electron chi connectivity index (χ1n) is 4.92. The Bertz CT molecular complexity index is 563. The molecule has 0 radical (unpaired) electrons. The summed E-state index contributed by atoms with van der Waals surface area (Å²) in [6, 6.07) is 3.04. The van der Waals surface area contributed by atoms with E-state index >= 15 is 0 Å². The Morgan fingerprint density at radius 2 is 1.89 bits per heavy atom. The molecule has 1 aliphatic heterocycles. The first-order chi connectivity index (χ1) is 8.43. The molecule has 7 heteroatoms. The average Bonchev–Trinajstić information content (AvgIpc) is 2.56. The van der Waals surface area contributed by atoms with Gasteiger partial charge in [-0.2, -0.15) is 0 Å². The number of anilines is 1. The van der Waals surface area contributed by atoms with E-state index in [1.165, 1.54) is 0 Å². The van der Waals surface area contributed by atoms with E-state index in [4.69, 9.17) is 10.8 Å². The van der Waals surface area contributed by atoms with Crippen LogP contribution in [0, 0.1) is 11.6 Å². The van der Waals surface area contributed by atoms with Crippen molar-refractivity contribution < 1.29 is 23.5 Å². The number of nitrogens with two attached hydrogens (primary N) is 1. The molecule has 1 aliphatic rings. The van der Waals surface area contributed by atoms with Crippen LogP contribution in [0.3, 0.4) is 0 Å². The number of aliphatic carboxylic acids is 1. The SMILES string of the molecule is NC1=C(C(=O)O)CC(=O)N1c1c(F)cccc1F. The normalized spacial score (nSPS) is 15.4. The van der Waals surface area contributed by atoms with Gasteiger partial charge in [-0.25, -0.2) is 13.6 Å². The van der Waals surface area contributed by atoms with Crippen molar-refractivity contribution in [1.29, 1.82) is 0 Å². The fraction of sp³-hybridized carbons (Fsp3) is 0.0909. The number of carboxylic acid groups (broad SMARTS) is 1. The van der Waals surface area contributed by atoms with Gasteiger partial charge in [-0.15, -0.1) is 0 Å². The van der Waals surface area contributed by atoms with E-state index in [9.17, 15) is 18.4 Å². The molecule has 1 heterocycles. The molecule has 0 fully saturated rings. The van der Waals surface area contributed by atoms with Gasteiger partial charge in [0.25, 0.3) is 0 Å². The minimum atomic E-state index is -1.39. The number of carbonyl (C=O) groups excluding carboxylic acids is 1. The molecule has 1 amide bonds. The van der Waals surface area contributed by atoms with Crippen LogP contribution in [0.1, 0.15) is 6.42 Å². The Kier molecular flexibility index (Phi) is 2.74. The van der Waals surface area contributed by atoms with Crippen LogP contribution < -0.4 is 10.6 Å². The maximum atomic E-state index is 13.5. The summed E-state index contributed by atoms with van der Waals surface area (Å²) in [5.74, 6) is -4.61. The number of rotatable bonds is 2. The molecule has 0 atom stereocenters. The molecule has 0 aromatic heterocycles. The molecule has 0 unspecified atom stereocenters. The Morgan fingerprint density at radius 3 is 2.33 bits per heavy atom. The molecule has 0 spiro atoms. The standard InChI is InChI=1S/C11H8F2N2O3/c12-6-2-1-3-7(13)9(6)15-8(16)4-5(10(15)14)11(17)18/h1-3H,4,14H2,(H,17,18). The highest BCUT2D eigenvalue weighted by Gasteiger charge is 2.36. The zero-order valence-electron chi connectivity index (χ0n) is 8.98. The predicted molar refractivity (Wildman–Crippen MR) is 57.3 cm³/mol. The van der Waals surface area contributed by atoms with E-state index in [1.807, 2.05) is 0 Å². The maximum absolute atomic E-state index is 13.5. The van der Waals surface area contributed by atoms with Gasteiger partial charge in [-0.3, -0.25) is 9.69 Å². The van der Waals surface area contributed by atoms with Gasteiger partial charge in [-0.1, -0.05) is 6.07 Å². The fourth-order valence-electron chi connectivity index (χ4n) is 1.72. The number of nitrogens with zero attached hydrogens (tertiary/aromatic N) is 1. The third kappa shape index (κ3) is 1.69. The first-order valence-corrected chi connectivity index (χ1v) is 4.92. The molecule has 18 heavy (non-hydrogen) atoms. The molecule has 1 aromatic rings. The van der Waals surface area contributed by atoms with Crippen LogP contribution in [0.4, 0.5) is 14.5 Å². The van der Waals surface area contributed by atoms with Crippen molar-refractivity contribution in [2.24, 2.45) is 5.73 Å². The monoisotopic (exact) mass is 254 g/mol. The van der Waals surface area contributed by atoms with Gasteiger partial charge >= 0.3 is 5.97 Å². The number of para-hydroxylation sites is 1. The number of hydrogen-bond acceptors (Lipinski definition) is 3. The predicted octanol–water partition coefficient (Wildman–Crippen LogP) is 0.956. The fourth-order valence-corrected chi connectivity index (χ4v) is 1.72. The van der Waals surface area contributed by atoms with Gasteiger partial charge in [-0.05, 0) is 12.1 Å². The Morgan fingerprint density at radius 1 is 1.33 bits per heavy atom. The third-order valence-corrected chi connectivity index (χ3v) is 2.55. The number of carbonyl (C=O) groups is 2. The van der Waals surface area contributed by atoms with Crippen LogP contribution in [0.2, 0.25) is 0 Å². The van der Waals surface area contributed by atoms with Gasteiger partial charge < -0.3 is 10.8 Å². The number of benzene rings is 1. The molecule has 1 aromatic carbocycles. The summed E-state index contributed by atoms with van der Waals surface area (Å²) >= 11 is 0. The summed E-state index contributed by atoms with van der Waals surface area (Å²) in [7, 11) is 0. The number of halogens is 2. The molecule has 0 saturated carbocycles. The molecule has 3 N–H and O–H groups in total. The lowest BCUT2D eigenvalue weighted by atomic mass is 10.2. The van der Waals surface area contributed by atoms with Crippen molar-refractivity contribution in [3.8, 4) is 0 Å². The van der Waals surface area contributed by atoms with Gasteiger partial charge in [0.05, 0.1) is 12.0 Å². The molecule has 94 valence electrons. The summed E-state index contributed by atoms with van der Waals surface area (Å²) in [4.78, 5) is 23.0. The summed E-state index contributed by atoms with van der Waals surface area (Å²) in [6.07, 6.45) is -0.491. The number of hydrogen-bond donors (Lipinski definition) is 2. The lowest BCUT2D eigenvalue weighted by Gasteiger charge is -2.18. The zero-order chi connectivity index (χ0) is 13.4. The van der Waals surface area contributed by atoms with Gasteiger partial charge in [0.15, 0.2) is 0 Å². The third-order valence-electron chi connectivity index (χ3n) is 2.55. The Hall–Kier alpha value is -2.44. The van der Waals surface area contributed by atoms with Crippen molar-refractivity contribution in [3.63, 3.8) is 0 Å². The molecule has 2 rings (SSSR count). The second kappa shape index (κ2) is 4.10. The van der Waals surface area contributed by atoms with Crippen LogP contribution in [0.5, 0.6) is 0 Å². The lowest BCUT2D eigenvalue weighted by Crippen LogP contribution is -2.30. The summed E-state index contributed by atoms with van der Waals surface area (Å²) in [6.45, 7) is 0. The van der Waals surface area contributed by atoms with E-state index in [0.717, 1.165) is 18.2 Å². The molecular weight excluding hydrogens is 246 g/mol. The molecule has 0 saturated heterocycles. The molecule has 5 nitrogen and oxygen atoms in total. The highest BCUT2D eigenvalue weighted by atomic mass is 19.1. The highest BCUT2D eigenvalue weighted by Crippen LogP contribution is 2.31. The Labute approximate surface area is 100 Å². The van der Waals surface area contributed by atoms with E-state index in [0.29, 0.717) is 4.90 Å². The van der Waals surface area contributed by atoms with Crippen molar-refractivity contribution in [2.45, 2.75) is 6.42 Å². The van der Waals surface area contributed by atoms with Crippen LogP contribution in [-0.2, 0) is 9.59 Å². The van der Waals surface area contributed by atoms with Crippen LogP contribution in [-0.4, -0.2) is 17.0 Å².